The molecule has 0 aromatic carbocycles. The van der Waals surface area contributed by atoms with Gasteiger partial charge >= 0.3 is 5.97 Å². The molecule has 0 aliphatic rings. The van der Waals surface area contributed by atoms with E-state index in [-0.39, 0.29) is 11.7 Å². The molecule has 0 aliphatic carbocycles. The summed E-state index contributed by atoms with van der Waals surface area (Å²) in [6.07, 6.45) is 0. The molecule has 0 saturated heterocycles. The van der Waals surface area contributed by atoms with Crippen LogP contribution >= 0.6 is 23.1 Å². The number of nitrogens with zero attached hydrogens (tertiary/aromatic N) is 2. The first-order valence-corrected chi connectivity index (χ1v) is 7.32. The number of aromatic nitrogens is 2. The second-order valence-electron chi connectivity index (χ2n) is 3.34. The summed E-state index contributed by atoms with van der Waals surface area (Å²) < 4.78 is 4.90. The van der Waals surface area contributed by atoms with Gasteiger partial charge in [-0.25, -0.2) is 9.97 Å². The van der Waals surface area contributed by atoms with Gasteiger partial charge in [0.25, 0.3) is 0 Å². The summed E-state index contributed by atoms with van der Waals surface area (Å²) in [7, 11) is 1.77. The van der Waals surface area contributed by atoms with Crippen molar-refractivity contribution in [3.8, 4) is 0 Å². The first-order chi connectivity index (χ1) is 8.74. The Labute approximate surface area is 113 Å². The Balaban J connectivity index is 2.20. The van der Waals surface area contributed by atoms with Crippen molar-refractivity contribution in [3.05, 3.63) is 11.4 Å². The van der Waals surface area contributed by atoms with Crippen LogP contribution in [-0.4, -0.2) is 35.3 Å². The van der Waals surface area contributed by atoms with Crippen LogP contribution in [0.5, 0.6) is 0 Å². The van der Waals surface area contributed by atoms with Gasteiger partial charge in [-0.2, -0.15) is 0 Å². The lowest BCUT2D eigenvalue weighted by Gasteiger charge is -2.05. The van der Waals surface area contributed by atoms with E-state index < -0.39 is 0 Å². The van der Waals surface area contributed by atoms with Crippen molar-refractivity contribution in [3.63, 3.8) is 0 Å². The quantitative estimate of drug-likeness (QED) is 0.516. The molecule has 0 bridgehead atoms. The van der Waals surface area contributed by atoms with E-state index in [0.717, 1.165) is 15.2 Å². The van der Waals surface area contributed by atoms with Crippen LogP contribution in [0.2, 0.25) is 0 Å². The number of anilines is 1. The molecule has 5 nitrogen and oxygen atoms in total. The van der Waals surface area contributed by atoms with Gasteiger partial charge in [0.15, 0.2) is 0 Å². The van der Waals surface area contributed by atoms with Crippen molar-refractivity contribution in [1.82, 2.24) is 9.97 Å². The molecule has 0 amide bonds. The Morgan fingerprint density at radius 2 is 2.39 bits per heavy atom. The number of hydrogen-bond donors (Lipinski definition) is 1. The van der Waals surface area contributed by atoms with E-state index in [1.54, 1.807) is 25.3 Å². The molecule has 0 spiro atoms. The maximum atomic E-state index is 11.3. The molecule has 0 atom stereocenters. The third-order valence-corrected chi connectivity index (χ3v) is 3.92. The lowest BCUT2D eigenvalue weighted by atomic mass is 10.4. The van der Waals surface area contributed by atoms with Crippen LogP contribution < -0.4 is 5.32 Å². The van der Waals surface area contributed by atoms with E-state index in [1.165, 1.54) is 11.8 Å². The van der Waals surface area contributed by atoms with E-state index in [0.29, 0.717) is 12.6 Å². The van der Waals surface area contributed by atoms with Crippen LogP contribution in [-0.2, 0) is 9.53 Å². The summed E-state index contributed by atoms with van der Waals surface area (Å²) in [6.45, 7) is 2.20. The minimum atomic E-state index is -0.226. The molecule has 7 heteroatoms. The zero-order valence-corrected chi connectivity index (χ0v) is 11.7. The predicted octanol–water partition coefficient (Wildman–Crippen LogP) is 2.39. The van der Waals surface area contributed by atoms with Gasteiger partial charge in [-0.15, -0.1) is 11.3 Å². The smallest absolute Gasteiger partial charge is 0.316 e. The van der Waals surface area contributed by atoms with E-state index in [2.05, 4.69) is 15.3 Å². The highest BCUT2D eigenvalue weighted by Crippen LogP contribution is 2.29. The zero-order valence-electron chi connectivity index (χ0n) is 10.1. The van der Waals surface area contributed by atoms with Gasteiger partial charge in [-0.1, -0.05) is 11.8 Å². The molecular formula is C11H13N3O2S2. The second-order valence-corrected chi connectivity index (χ2v) is 5.19. The maximum absolute atomic E-state index is 11.3. The second kappa shape index (κ2) is 6.01. The van der Waals surface area contributed by atoms with Gasteiger partial charge in [0.2, 0.25) is 5.95 Å². The standard InChI is InChI=1S/C11H13N3O2S2/c1-3-16-8(15)6-18-10-7-4-5-17-9(7)13-11(12-2)14-10/h4-5H,3,6H2,1-2H3,(H,12,13,14). The first-order valence-electron chi connectivity index (χ1n) is 5.46. The number of carbonyl (C=O) groups is 1. The third-order valence-electron chi connectivity index (χ3n) is 2.15. The molecule has 0 unspecified atom stereocenters. The average Bonchev–Trinajstić information content (AvgIpc) is 2.84. The Bertz CT molecular complexity index is 556. The number of rotatable bonds is 5. The van der Waals surface area contributed by atoms with Crippen LogP contribution in [0.15, 0.2) is 16.5 Å². The van der Waals surface area contributed by atoms with Gasteiger partial charge in [0, 0.05) is 12.4 Å². The normalized spacial score (nSPS) is 10.6. The average molecular weight is 283 g/mol. The lowest BCUT2D eigenvalue weighted by molar-refractivity contribution is -0.139. The molecule has 18 heavy (non-hydrogen) atoms. The highest BCUT2D eigenvalue weighted by molar-refractivity contribution is 8.00. The van der Waals surface area contributed by atoms with Crippen molar-refractivity contribution < 1.29 is 9.53 Å². The largest absolute Gasteiger partial charge is 0.465 e. The molecule has 96 valence electrons. The van der Waals surface area contributed by atoms with E-state index >= 15 is 0 Å². The van der Waals surface area contributed by atoms with Crippen LogP contribution in [0.3, 0.4) is 0 Å². The predicted molar refractivity (Wildman–Crippen MR) is 74.3 cm³/mol. The van der Waals surface area contributed by atoms with Crippen molar-refractivity contribution in [2.45, 2.75) is 11.9 Å². The molecule has 1 N–H and O–H groups in total. The Morgan fingerprint density at radius 1 is 1.56 bits per heavy atom. The van der Waals surface area contributed by atoms with Crippen molar-refractivity contribution >= 4 is 45.2 Å². The number of carbonyl (C=O) groups excluding carboxylic acids is 1. The molecule has 2 aromatic heterocycles. The van der Waals surface area contributed by atoms with Crippen LogP contribution in [0.1, 0.15) is 6.92 Å². The number of thioether (sulfide) groups is 1. The minimum Gasteiger partial charge on any atom is -0.465 e. The number of hydrogen-bond acceptors (Lipinski definition) is 7. The molecular weight excluding hydrogens is 270 g/mol. The number of nitrogens with one attached hydrogen (secondary N) is 1. The molecule has 0 radical (unpaired) electrons. The molecule has 0 saturated carbocycles. The summed E-state index contributed by atoms with van der Waals surface area (Å²) in [6, 6.07) is 1.97. The van der Waals surface area contributed by atoms with Crippen LogP contribution in [0.25, 0.3) is 10.2 Å². The maximum Gasteiger partial charge on any atom is 0.316 e. The monoisotopic (exact) mass is 283 g/mol. The Kier molecular flexibility index (Phi) is 4.38. The van der Waals surface area contributed by atoms with Crippen LogP contribution in [0, 0.1) is 0 Å². The fourth-order valence-electron chi connectivity index (χ4n) is 1.38. The van der Waals surface area contributed by atoms with Crippen molar-refractivity contribution in [2.75, 3.05) is 24.7 Å². The van der Waals surface area contributed by atoms with E-state index in [4.69, 9.17) is 4.74 Å². The summed E-state index contributed by atoms with van der Waals surface area (Å²) in [5.74, 6) is 0.602. The van der Waals surface area contributed by atoms with E-state index in [9.17, 15) is 4.79 Å². The van der Waals surface area contributed by atoms with Gasteiger partial charge in [-0.05, 0) is 18.4 Å². The summed E-state index contributed by atoms with van der Waals surface area (Å²) in [5.41, 5.74) is 0. The number of thiophene rings is 1. The third kappa shape index (κ3) is 2.91. The zero-order chi connectivity index (χ0) is 13.0. The molecule has 0 aliphatic heterocycles. The van der Waals surface area contributed by atoms with E-state index in [1.807, 2.05) is 11.4 Å². The summed E-state index contributed by atoms with van der Waals surface area (Å²) in [5, 5.41) is 6.67. The Hall–Kier alpha value is -1.34. The number of fused-ring (bicyclic) bond motifs is 1. The molecule has 0 fully saturated rings. The summed E-state index contributed by atoms with van der Waals surface area (Å²) in [4.78, 5) is 21.0. The molecule has 2 heterocycles. The number of esters is 1. The fraction of sp³-hybridized carbons (Fsp3) is 0.364. The summed E-state index contributed by atoms with van der Waals surface area (Å²) >= 11 is 2.93. The first kappa shape index (κ1) is 13.1. The van der Waals surface area contributed by atoms with Crippen LogP contribution in [0.4, 0.5) is 5.95 Å². The van der Waals surface area contributed by atoms with Gasteiger partial charge < -0.3 is 10.1 Å². The Morgan fingerprint density at radius 3 is 3.11 bits per heavy atom. The topological polar surface area (TPSA) is 64.1 Å². The lowest BCUT2D eigenvalue weighted by Crippen LogP contribution is -2.07. The minimum absolute atomic E-state index is 0.226. The van der Waals surface area contributed by atoms with Crippen molar-refractivity contribution in [2.24, 2.45) is 0 Å². The highest BCUT2D eigenvalue weighted by Gasteiger charge is 2.11. The molecule has 2 rings (SSSR count). The number of ether oxygens (including phenoxy) is 1. The van der Waals surface area contributed by atoms with Crippen molar-refractivity contribution in [1.29, 1.82) is 0 Å². The van der Waals surface area contributed by atoms with Gasteiger partial charge in [-0.3, -0.25) is 4.79 Å². The van der Waals surface area contributed by atoms with Gasteiger partial charge in [0.05, 0.1) is 12.4 Å². The van der Waals surface area contributed by atoms with Gasteiger partial charge in [0.1, 0.15) is 9.86 Å². The SMILES string of the molecule is CCOC(=O)CSc1nc(NC)nc2sccc12. The fourth-order valence-corrected chi connectivity index (χ4v) is 3.02. The highest BCUT2D eigenvalue weighted by atomic mass is 32.2. The molecule has 2 aromatic rings.